The van der Waals surface area contributed by atoms with Crippen LogP contribution in [-0.2, 0) is 23.1 Å². The van der Waals surface area contributed by atoms with E-state index >= 15 is 0 Å². The van der Waals surface area contributed by atoms with E-state index in [0.29, 0.717) is 18.9 Å². The van der Waals surface area contributed by atoms with Crippen molar-refractivity contribution in [2.24, 2.45) is 13.0 Å². The van der Waals surface area contributed by atoms with E-state index in [1.54, 1.807) is 22.7 Å². The van der Waals surface area contributed by atoms with Crippen molar-refractivity contribution in [1.29, 1.82) is 0 Å². The summed E-state index contributed by atoms with van der Waals surface area (Å²) >= 11 is 0. The summed E-state index contributed by atoms with van der Waals surface area (Å²) in [6.07, 6.45) is 4.50. The lowest BCUT2D eigenvalue weighted by Gasteiger charge is -2.43. The number of nitrogens with zero attached hydrogens (tertiary/aromatic N) is 3. The minimum Gasteiger partial charge on any atom is -0.340 e. The molecule has 1 aliphatic heterocycles. The first-order valence-corrected chi connectivity index (χ1v) is 7.53. The van der Waals surface area contributed by atoms with E-state index in [1.165, 1.54) is 0 Å². The van der Waals surface area contributed by atoms with Gasteiger partial charge in [-0.15, -0.1) is 0 Å². The molecule has 1 saturated heterocycles. The molecule has 1 N–H and O–H groups in total. The van der Waals surface area contributed by atoms with E-state index in [9.17, 15) is 9.59 Å². The van der Waals surface area contributed by atoms with Crippen LogP contribution in [0.15, 0.2) is 12.3 Å². The van der Waals surface area contributed by atoms with Gasteiger partial charge in [-0.3, -0.25) is 14.3 Å². The predicted octanol–water partition coefficient (Wildman–Crippen LogP) is 0.478. The van der Waals surface area contributed by atoms with E-state index in [4.69, 9.17) is 0 Å². The molecule has 6 heteroatoms. The van der Waals surface area contributed by atoms with Gasteiger partial charge in [-0.25, -0.2) is 0 Å². The molecule has 114 valence electrons. The van der Waals surface area contributed by atoms with E-state index in [0.717, 1.165) is 18.5 Å². The molecule has 1 aromatic heterocycles. The Kier molecular flexibility index (Phi) is 3.26. The van der Waals surface area contributed by atoms with Gasteiger partial charge in [-0.2, -0.15) is 5.10 Å². The molecule has 1 aromatic rings. The Hall–Kier alpha value is -1.85. The SMILES string of the molecule is CC1C(=O)NC(C)(C2CC2)C(=O)N1CCc1ccnn1C. The monoisotopic (exact) mass is 290 g/mol. The second kappa shape index (κ2) is 4.86. The highest BCUT2D eigenvalue weighted by Crippen LogP contribution is 2.42. The number of rotatable bonds is 4. The molecule has 1 saturated carbocycles. The van der Waals surface area contributed by atoms with Crippen LogP contribution in [0, 0.1) is 5.92 Å². The van der Waals surface area contributed by atoms with Crippen LogP contribution >= 0.6 is 0 Å². The van der Waals surface area contributed by atoms with Crippen molar-refractivity contribution < 1.29 is 9.59 Å². The van der Waals surface area contributed by atoms with Crippen LogP contribution in [0.25, 0.3) is 0 Å². The van der Waals surface area contributed by atoms with Gasteiger partial charge in [-0.05, 0) is 38.7 Å². The van der Waals surface area contributed by atoms with Gasteiger partial charge >= 0.3 is 0 Å². The maximum absolute atomic E-state index is 12.8. The molecule has 2 unspecified atom stereocenters. The lowest BCUT2D eigenvalue weighted by Crippen LogP contribution is -2.69. The van der Waals surface area contributed by atoms with Crippen molar-refractivity contribution in [3.8, 4) is 0 Å². The van der Waals surface area contributed by atoms with Gasteiger partial charge in [0.1, 0.15) is 11.6 Å². The average molecular weight is 290 g/mol. The molecule has 2 aliphatic rings. The number of carbonyl (C=O) groups excluding carboxylic acids is 2. The van der Waals surface area contributed by atoms with Gasteiger partial charge in [0.2, 0.25) is 11.8 Å². The third kappa shape index (κ3) is 2.32. The number of carbonyl (C=O) groups is 2. The van der Waals surface area contributed by atoms with E-state index < -0.39 is 11.6 Å². The van der Waals surface area contributed by atoms with Gasteiger partial charge in [0.25, 0.3) is 0 Å². The van der Waals surface area contributed by atoms with Crippen LogP contribution in [0.4, 0.5) is 0 Å². The molecule has 0 spiro atoms. The molecule has 0 bridgehead atoms. The van der Waals surface area contributed by atoms with Crippen molar-refractivity contribution in [2.75, 3.05) is 6.54 Å². The number of nitrogens with one attached hydrogen (secondary N) is 1. The lowest BCUT2D eigenvalue weighted by molar-refractivity contribution is -0.154. The van der Waals surface area contributed by atoms with Crippen molar-refractivity contribution >= 4 is 11.8 Å². The van der Waals surface area contributed by atoms with Crippen LogP contribution in [-0.4, -0.2) is 44.6 Å². The summed E-state index contributed by atoms with van der Waals surface area (Å²) in [5.41, 5.74) is 0.352. The maximum Gasteiger partial charge on any atom is 0.249 e. The lowest BCUT2D eigenvalue weighted by atomic mass is 9.89. The summed E-state index contributed by atoms with van der Waals surface area (Å²) in [7, 11) is 1.89. The fourth-order valence-corrected chi connectivity index (χ4v) is 3.14. The van der Waals surface area contributed by atoms with Gasteiger partial charge < -0.3 is 10.2 Å². The molecule has 2 fully saturated rings. The fourth-order valence-electron chi connectivity index (χ4n) is 3.14. The number of hydrogen-bond donors (Lipinski definition) is 1. The average Bonchev–Trinajstić information content (AvgIpc) is 3.22. The zero-order valence-corrected chi connectivity index (χ0v) is 12.8. The number of hydrogen-bond acceptors (Lipinski definition) is 3. The molecule has 3 rings (SSSR count). The second-order valence-corrected chi connectivity index (χ2v) is 6.34. The second-order valence-electron chi connectivity index (χ2n) is 6.34. The highest BCUT2D eigenvalue weighted by atomic mass is 16.2. The maximum atomic E-state index is 12.8. The molecular formula is C15H22N4O2. The number of aromatic nitrogens is 2. The quantitative estimate of drug-likeness (QED) is 0.877. The largest absolute Gasteiger partial charge is 0.340 e. The number of aryl methyl sites for hydroxylation is 1. The molecule has 0 aromatic carbocycles. The van der Waals surface area contributed by atoms with Gasteiger partial charge in [0, 0.05) is 31.9 Å². The van der Waals surface area contributed by atoms with Crippen molar-refractivity contribution in [2.45, 2.75) is 44.7 Å². The Balaban J connectivity index is 1.76. The first-order valence-electron chi connectivity index (χ1n) is 7.53. The Morgan fingerprint density at radius 3 is 2.71 bits per heavy atom. The van der Waals surface area contributed by atoms with Crippen LogP contribution in [0.1, 0.15) is 32.4 Å². The topological polar surface area (TPSA) is 67.2 Å². The van der Waals surface area contributed by atoms with E-state index in [-0.39, 0.29) is 11.8 Å². The molecule has 0 radical (unpaired) electrons. The fraction of sp³-hybridized carbons (Fsp3) is 0.667. The minimum absolute atomic E-state index is 0.0472. The Morgan fingerprint density at radius 2 is 2.14 bits per heavy atom. The summed E-state index contributed by atoms with van der Waals surface area (Å²) in [6.45, 7) is 4.21. The minimum atomic E-state index is -0.712. The Labute approximate surface area is 124 Å². The van der Waals surface area contributed by atoms with Crippen molar-refractivity contribution in [3.05, 3.63) is 18.0 Å². The summed E-state index contributed by atoms with van der Waals surface area (Å²) < 4.78 is 1.80. The Bertz CT molecular complexity index is 578. The molecule has 2 amide bonds. The number of amides is 2. The van der Waals surface area contributed by atoms with Gasteiger partial charge in [-0.1, -0.05) is 0 Å². The summed E-state index contributed by atoms with van der Waals surface area (Å²) in [5, 5.41) is 7.08. The molecular weight excluding hydrogens is 268 g/mol. The predicted molar refractivity (Wildman–Crippen MR) is 77.4 cm³/mol. The van der Waals surface area contributed by atoms with Crippen molar-refractivity contribution in [3.63, 3.8) is 0 Å². The molecule has 21 heavy (non-hydrogen) atoms. The van der Waals surface area contributed by atoms with E-state index in [2.05, 4.69) is 10.4 Å². The molecule has 2 atom stereocenters. The third-order valence-corrected chi connectivity index (χ3v) is 4.86. The third-order valence-electron chi connectivity index (χ3n) is 4.86. The molecule has 6 nitrogen and oxygen atoms in total. The van der Waals surface area contributed by atoms with Crippen LogP contribution < -0.4 is 5.32 Å². The smallest absolute Gasteiger partial charge is 0.249 e. The van der Waals surface area contributed by atoms with Gasteiger partial charge in [0.05, 0.1) is 0 Å². The van der Waals surface area contributed by atoms with Crippen LogP contribution in [0.2, 0.25) is 0 Å². The normalized spacial score (nSPS) is 29.7. The van der Waals surface area contributed by atoms with Crippen molar-refractivity contribution in [1.82, 2.24) is 20.0 Å². The highest BCUT2D eigenvalue weighted by molar-refractivity contribution is 5.99. The summed E-state index contributed by atoms with van der Waals surface area (Å²) in [4.78, 5) is 26.7. The standard InChI is InChI=1S/C15H22N4O2/c1-10-13(20)17-15(2,11-4-5-11)14(21)19(10)9-7-12-6-8-16-18(12)3/h6,8,10-11H,4-5,7,9H2,1-3H3,(H,17,20). The Morgan fingerprint density at radius 1 is 1.43 bits per heavy atom. The summed E-state index contributed by atoms with van der Waals surface area (Å²) in [6, 6.07) is 1.54. The number of piperazine rings is 1. The highest BCUT2D eigenvalue weighted by Gasteiger charge is 2.54. The molecule has 2 heterocycles. The van der Waals surface area contributed by atoms with Crippen LogP contribution in [0.5, 0.6) is 0 Å². The summed E-state index contributed by atoms with van der Waals surface area (Å²) in [5.74, 6) is 0.300. The van der Waals surface area contributed by atoms with E-state index in [1.807, 2.05) is 20.0 Å². The van der Waals surface area contributed by atoms with Crippen LogP contribution in [0.3, 0.4) is 0 Å². The zero-order valence-electron chi connectivity index (χ0n) is 12.8. The molecule has 1 aliphatic carbocycles. The zero-order chi connectivity index (χ0) is 15.2. The first kappa shape index (κ1) is 14.1. The first-order chi connectivity index (χ1) is 9.93. The van der Waals surface area contributed by atoms with Gasteiger partial charge in [0.15, 0.2) is 0 Å².